The van der Waals surface area contributed by atoms with E-state index in [9.17, 15) is 0 Å². The molecule has 1 aliphatic rings. The summed E-state index contributed by atoms with van der Waals surface area (Å²) in [5, 5.41) is 0. The lowest BCUT2D eigenvalue weighted by molar-refractivity contribution is 0.191. The Balaban J connectivity index is 2.69. The highest BCUT2D eigenvalue weighted by Crippen LogP contribution is 2.17. The molecule has 0 spiro atoms. The number of allylic oxidation sites excluding steroid dienone is 6. The third kappa shape index (κ3) is 4.32. The molecule has 1 rings (SSSR count). The molecule has 0 N–H and O–H groups in total. The van der Waals surface area contributed by atoms with Crippen LogP contribution >= 0.6 is 0 Å². The smallest absolute Gasteiger partial charge is 0.122 e. The molecule has 16 heavy (non-hydrogen) atoms. The van der Waals surface area contributed by atoms with Crippen molar-refractivity contribution in [3.05, 3.63) is 61.4 Å². The molecule has 0 amide bonds. The summed E-state index contributed by atoms with van der Waals surface area (Å²) < 4.78 is 10.7. The van der Waals surface area contributed by atoms with Gasteiger partial charge in [-0.3, -0.25) is 0 Å². The molecule has 1 heterocycles. The number of rotatable bonds is 8. The van der Waals surface area contributed by atoms with Crippen LogP contribution in [0.2, 0.25) is 0 Å². The highest BCUT2D eigenvalue weighted by Gasteiger charge is 2.23. The molecular weight excluding hydrogens is 200 g/mol. The normalized spacial score (nSPS) is 20.1. The van der Waals surface area contributed by atoms with Gasteiger partial charge in [0.25, 0.3) is 0 Å². The third-order valence-electron chi connectivity index (χ3n) is 2.13. The molecule has 1 unspecified atom stereocenters. The lowest BCUT2D eigenvalue weighted by atomic mass is 10.1. The zero-order valence-corrected chi connectivity index (χ0v) is 9.52. The average Bonchev–Trinajstić information content (AvgIpc) is 3.10. The van der Waals surface area contributed by atoms with Crippen molar-refractivity contribution >= 4 is 0 Å². The maximum absolute atomic E-state index is 5.63. The summed E-state index contributed by atoms with van der Waals surface area (Å²) in [6.07, 6.45) is 10.1. The van der Waals surface area contributed by atoms with E-state index in [0.29, 0.717) is 6.61 Å². The Kier molecular flexibility index (Phi) is 5.37. The first-order chi connectivity index (χ1) is 7.81. The molecule has 2 heteroatoms. The average molecular weight is 218 g/mol. The van der Waals surface area contributed by atoms with E-state index in [-0.39, 0.29) is 6.10 Å². The Morgan fingerprint density at radius 2 is 2.12 bits per heavy atom. The highest BCUT2D eigenvalue weighted by atomic mass is 16.6. The van der Waals surface area contributed by atoms with Gasteiger partial charge in [0.2, 0.25) is 0 Å². The van der Waals surface area contributed by atoms with Gasteiger partial charge in [-0.05, 0) is 18.1 Å². The fourth-order valence-corrected chi connectivity index (χ4v) is 1.22. The Labute approximate surface area is 97.3 Å². The Bertz CT molecular complexity index is 320. The second-order valence-corrected chi connectivity index (χ2v) is 3.45. The summed E-state index contributed by atoms with van der Waals surface area (Å²) in [5.74, 6) is 0.786. The van der Waals surface area contributed by atoms with E-state index in [1.54, 1.807) is 12.2 Å². The van der Waals surface area contributed by atoms with Gasteiger partial charge in [-0.2, -0.15) is 0 Å². The van der Waals surface area contributed by atoms with Crippen LogP contribution in [0.1, 0.15) is 6.42 Å². The molecule has 0 aliphatic carbocycles. The summed E-state index contributed by atoms with van der Waals surface area (Å²) >= 11 is 0. The first-order valence-corrected chi connectivity index (χ1v) is 5.31. The van der Waals surface area contributed by atoms with Crippen LogP contribution in [0.4, 0.5) is 0 Å². The molecular formula is C14H18O2. The van der Waals surface area contributed by atoms with Gasteiger partial charge in [-0.25, -0.2) is 0 Å². The molecule has 0 saturated carbocycles. The van der Waals surface area contributed by atoms with Crippen molar-refractivity contribution in [3.63, 3.8) is 0 Å². The Hall–Kier alpha value is -1.54. The van der Waals surface area contributed by atoms with E-state index >= 15 is 0 Å². The van der Waals surface area contributed by atoms with E-state index < -0.39 is 0 Å². The van der Waals surface area contributed by atoms with Crippen molar-refractivity contribution in [2.75, 3.05) is 13.2 Å². The van der Waals surface area contributed by atoms with Crippen LogP contribution in [-0.4, -0.2) is 19.3 Å². The predicted octanol–water partition coefficient (Wildman–Crippen LogP) is 3.16. The van der Waals surface area contributed by atoms with Gasteiger partial charge in [0, 0.05) is 0 Å². The van der Waals surface area contributed by atoms with E-state index in [2.05, 4.69) is 19.7 Å². The van der Waals surface area contributed by atoms with Gasteiger partial charge < -0.3 is 9.47 Å². The van der Waals surface area contributed by atoms with E-state index in [4.69, 9.17) is 9.47 Å². The third-order valence-corrected chi connectivity index (χ3v) is 2.13. The molecule has 0 bridgehead atoms. The van der Waals surface area contributed by atoms with Gasteiger partial charge in [-0.1, -0.05) is 37.5 Å². The largest absolute Gasteiger partial charge is 0.491 e. The van der Waals surface area contributed by atoms with E-state index in [1.165, 1.54) is 0 Å². The molecule has 0 aromatic carbocycles. The zero-order valence-electron chi connectivity index (χ0n) is 9.52. The number of hydrogen-bond donors (Lipinski definition) is 0. The van der Waals surface area contributed by atoms with Gasteiger partial charge in [0.1, 0.15) is 18.5 Å². The monoisotopic (exact) mass is 218 g/mol. The van der Waals surface area contributed by atoms with Gasteiger partial charge in [0.05, 0.1) is 6.61 Å². The van der Waals surface area contributed by atoms with Crippen LogP contribution in [0.25, 0.3) is 0 Å². The minimum absolute atomic E-state index is 0.253. The standard InChI is InChI=1S/C14H18O2/c1-4-7-9-12(8-5-2)14(6-3)16-11-13-10-15-13/h4-7,9,13H,1-3,8,10-11H2/b9-7-,14-12+. The lowest BCUT2D eigenvalue weighted by Gasteiger charge is -2.09. The molecule has 0 aromatic rings. The van der Waals surface area contributed by atoms with Gasteiger partial charge in [0.15, 0.2) is 0 Å². The molecule has 1 fully saturated rings. The summed E-state index contributed by atoms with van der Waals surface area (Å²) in [6.45, 7) is 12.5. The van der Waals surface area contributed by atoms with Gasteiger partial charge in [-0.15, -0.1) is 6.58 Å². The number of hydrogen-bond acceptors (Lipinski definition) is 2. The summed E-state index contributed by atoms with van der Waals surface area (Å²) in [5.41, 5.74) is 1.05. The second-order valence-electron chi connectivity index (χ2n) is 3.45. The molecule has 0 radical (unpaired) electrons. The molecule has 1 atom stereocenters. The molecule has 0 aromatic heterocycles. The predicted molar refractivity (Wildman–Crippen MR) is 67.1 cm³/mol. The molecule has 86 valence electrons. The molecule has 1 aliphatic heterocycles. The van der Waals surface area contributed by atoms with Crippen molar-refractivity contribution in [1.82, 2.24) is 0 Å². The van der Waals surface area contributed by atoms with Crippen LogP contribution in [-0.2, 0) is 9.47 Å². The molecule has 2 nitrogen and oxygen atoms in total. The fraction of sp³-hybridized carbons (Fsp3) is 0.286. The van der Waals surface area contributed by atoms with Crippen molar-refractivity contribution in [3.8, 4) is 0 Å². The minimum Gasteiger partial charge on any atom is -0.491 e. The van der Waals surface area contributed by atoms with Crippen LogP contribution < -0.4 is 0 Å². The summed E-state index contributed by atoms with van der Waals surface area (Å²) in [7, 11) is 0. The van der Waals surface area contributed by atoms with Crippen LogP contribution in [0.15, 0.2) is 61.4 Å². The van der Waals surface area contributed by atoms with Crippen molar-refractivity contribution in [2.24, 2.45) is 0 Å². The summed E-state index contributed by atoms with van der Waals surface area (Å²) in [6, 6.07) is 0. The zero-order chi connectivity index (χ0) is 11.8. The van der Waals surface area contributed by atoms with Crippen molar-refractivity contribution in [2.45, 2.75) is 12.5 Å². The maximum atomic E-state index is 5.63. The number of ether oxygens (including phenoxy) is 2. The quantitative estimate of drug-likeness (QED) is 0.270. The first-order valence-electron chi connectivity index (χ1n) is 5.31. The Morgan fingerprint density at radius 1 is 1.38 bits per heavy atom. The lowest BCUT2D eigenvalue weighted by Crippen LogP contribution is -2.01. The minimum atomic E-state index is 0.253. The summed E-state index contributed by atoms with van der Waals surface area (Å²) in [4.78, 5) is 0. The second kappa shape index (κ2) is 6.85. The maximum Gasteiger partial charge on any atom is 0.122 e. The SMILES string of the molecule is C=C/C=C\C(CC=C)=C(/C=C)OCC1CO1. The first kappa shape index (κ1) is 12.5. The van der Waals surface area contributed by atoms with E-state index in [0.717, 1.165) is 24.4 Å². The van der Waals surface area contributed by atoms with Gasteiger partial charge >= 0.3 is 0 Å². The van der Waals surface area contributed by atoms with Crippen LogP contribution in [0.5, 0.6) is 0 Å². The van der Waals surface area contributed by atoms with E-state index in [1.807, 2.05) is 18.2 Å². The van der Waals surface area contributed by atoms with Crippen molar-refractivity contribution < 1.29 is 9.47 Å². The topological polar surface area (TPSA) is 21.8 Å². The number of epoxide rings is 1. The van der Waals surface area contributed by atoms with Crippen LogP contribution in [0.3, 0.4) is 0 Å². The molecule has 1 saturated heterocycles. The van der Waals surface area contributed by atoms with Crippen LogP contribution in [0, 0.1) is 0 Å². The fourth-order valence-electron chi connectivity index (χ4n) is 1.22. The van der Waals surface area contributed by atoms with Crippen molar-refractivity contribution in [1.29, 1.82) is 0 Å². The Morgan fingerprint density at radius 3 is 2.62 bits per heavy atom. The highest BCUT2D eigenvalue weighted by molar-refractivity contribution is 5.31.